The first-order chi connectivity index (χ1) is 8.31. The van der Waals surface area contributed by atoms with E-state index in [-0.39, 0.29) is 11.9 Å². The van der Waals surface area contributed by atoms with E-state index in [4.69, 9.17) is 4.52 Å². The van der Waals surface area contributed by atoms with E-state index >= 15 is 0 Å². The summed E-state index contributed by atoms with van der Waals surface area (Å²) in [7, 11) is 0. The number of carbonyl (C=O) groups excluding carboxylic acids is 1. The molecule has 2 rings (SSSR count). The van der Waals surface area contributed by atoms with E-state index in [0.717, 1.165) is 25.9 Å². The van der Waals surface area contributed by atoms with Crippen molar-refractivity contribution in [3.63, 3.8) is 0 Å². The normalized spacial score (nSPS) is 20.9. The lowest BCUT2D eigenvalue weighted by atomic mass is 10.0. The van der Waals surface area contributed by atoms with Gasteiger partial charge in [-0.05, 0) is 19.4 Å². The predicted molar refractivity (Wildman–Crippen MR) is 61.3 cm³/mol. The Bertz CT molecular complexity index is 350. The van der Waals surface area contributed by atoms with E-state index in [9.17, 15) is 4.79 Å². The van der Waals surface area contributed by atoms with Gasteiger partial charge in [0.25, 0.3) is 0 Å². The molecule has 1 saturated heterocycles. The Kier molecular flexibility index (Phi) is 4.08. The summed E-state index contributed by atoms with van der Waals surface area (Å²) in [5, 5.41) is 6.76. The van der Waals surface area contributed by atoms with Crippen molar-refractivity contribution >= 4 is 5.91 Å². The Balaban J connectivity index is 1.85. The zero-order valence-electron chi connectivity index (χ0n) is 10.1. The number of nitrogens with zero attached hydrogens (tertiary/aromatic N) is 3. The molecule has 0 aromatic carbocycles. The van der Waals surface area contributed by atoms with Crippen LogP contribution in [0.25, 0.3) is 0 Å². The summed E-state index contributed by atoms with van der Waals surface area (Å²) in [4.78, 5) is 17.9. The van der Waals surface area contributed by atoms with Gasteiger partial charge in [0, 0.05) is 19.5 Å². The molecule has 1 atom stereocenters. The van der Waals surface area contributed by atoms with Gasteiger partial charge in [0.2, 0.25) is 11.8 Å². The fourth-order valence-corrected chi connectivity index (χ4v) is 2.13. The van der Waals surface area contributed by atoms with Crippen molar-refractivity contribution in [1.29, 1.82) is 0 Å². The Morgan fingerprint density at radius 3 is 3.24 bits per heavy atom. The average molecular weight is 238 g/mol. The van der Waals surface area contributed by atoms with Gasteiger partial charge in [-0.2, -0.15) is 4.98 Å². The number of piperidine rings is 1. The molecule has 1 unspecified atom stereocenters. The highest BCUT2D eigenvalue weighted by molar-refractivity contribution is 5.82. The number of hydrogen-bond acceptors (Lipinski definition) is 5. The molecule has 1 aromatic heterocycles. The first-order valence-electron chi connectivity index (χ1n) is 6.09. The maximum Gasteiger partial charge on any atom is 0.239 e. The van der Waals surface area contributed by atoms with E-state index in [1.165, 1.54) is 6.33 Å². The van der Waals surface area contributed by atoms with Crippen molar-refractivity contribution in [3.8, 4) is 0 Å². The van der Waals surface area contributed by atoms with Crippen molar-refractivity contribution in [2.24, 2.45) is 0 Å². The first kappa shape index (κ1) is 12.0. The van der Waals surface area contributed by atoms with Crippen molar-refractivity contribution in [3.05, 3.63) is 12.2 Å². The smallest absolute Gasteiger partial charge is 0.239 e. The van der Waals surface area contributed by atoms with Crippen LogP contribution in [-0.2, 0) is 11.2 Å². The van der Waals surface area contributed by atoms with Crippen LogP contribution in [0.4, 0.5) is 0 Å². The first-order valence-corrected chi connectivity index (χ1v) is 6.09. The van der Waals surface area contributed by atoms with Crippen LogP contribution in [0.1, 0.15) is 25.7 Å². The molecule has 1 fully saturated rings. The second kappa shape index (κ2) is 5.77. The van der Waals surface area contributed by atoms with Crippen LogP contribution in [-0.4, -0.2) is 46.6 Å². The molecule has 1 N–H and O–H groups in total. The molecule has 1 aromatic rings. The minimum absolute atomic E-state index is 0.0172. The molecule has 0 spiro atoms. The number of aromatic nitrogens is 2. The predicted octanol–water partition coefficient (Wildman–Crippen LogP) is 0.213. The van der Waals surface area contributed by atoms with E-state index in [0.29, 0.717) is 18.9 Å². The fraction of sp³-hybridized carbons (Fsp3) is 0.727. The van der Waals surface area contributed by atoms with Crippen molar-refractivity contribution in [2.45, 2.75) is 32.2 Å². The lowest BCUT2D eigenvalue weighted by Crippen LogP contribution is -2.51. The van der Waals surface area contributed by atoms with Gasteiger partial charge in [-0.1, -0.05) is 12.1 Å². The van der Waals surface area contributed by atoms with Gasteiger partial charge in [0.1, 0.15) is 0 Å². The molecule has 17 heavy (non-hydrogen) atoms. The Morgan fingerprint density at radius 2 is 2.53 bits per heavy atom. The quantitative estimate of drug-likeness (QED) is 0.794. The molecular formula is C11H18N4O2. The van der Waals surface area contributed by atoms with Crippen molar-refractivity contribution in [2.75, 3.05) is 19.6 Å². The van der Waals surface area contributed by atoms with Gasteiger partial charge < -0.3 is 14.7 Å². The van der Waals surface area contributed by atoms with Gasteiger partial charge in [0.15, 0.2) is 6.33 Å². The monoisotopic (exact) mass is 238 g/mol. The molecular weight excluding hydrogens is 220 g/mol. The number of nitrogens with one attached hydrogen (secondary N) is 1. The third-order valence-corrected chi connectivity index (χ3v) is 2.98. The average Bonchev–Trinajstić information content (AvgIpc) is 2.83. The molecule has 6 heteroatoms. The summed E-state index contributed by atoms with van der Waals surface area (Å²) < 4.78 is 4.92. The number of hydrogen-bond donors (Lipinski definition) is 1. The van der Waals surface area contributed by atoms with Gasteiger partial charge in [-0.3, -0.25) is 4.79 Å². The summed E-state index contributed by atoms with van der Waals surface area (Å²) in [6, 6.07) is -0.0172. The Morgan fingerprint density at radius 1 is 1.65 bits per heavy atom. The van der Waals surface area contributed by atoms with Crippen LogP contribution < -0.4 is 5.32 Å². The summed E-state index contributed by atoms with van der Waals surface area (Å²) >= 11 is 0. The molecule has 6 nitrogen and oxygen atoms in total. The van der Waals surface area contributed by atoms with Crippen LogP contribution in [0.5, 0.6) is 0 Å². The Labute approximate surface area is 100 Å². The molecule has 1 aliphatic heterocycles. The topological polar surface area (TPSA) is 71.3 Å². The summed E-state index contributed by atoms with van der Waals surface area (Å²) in [5.41, 5.74) is 0. The molecule has 94 valence electrons. The largest absolute Gasteiger partial charge is 0.341 e. The Hall–Kier alpha value is -1.43. The highest BCUT2D eigenvalue weighted by Crippen LogP contribution is 2.12. The number of amides is 1. The number of carbonyl (C=O) groups is 1. The maximum absolute atomic E-state index is 12.1. The molecule has 1 amide bonds. The molecule has 0 bridgehead atoms. The molecule has 0 radical (unpaired) electrons. The zero-order valence-corrected chi connectivity index (χ0v) is 10.1. The lowest BCUT2D eigenvalue weighted by molar-refractivity contribution is -0.135. The van der Waals surface area contributed by atoms with Gasteiger partial charge >= 0.3 is 0 Å². The number of likely N-dealkylation sites (N-methyl/N-ethyl adjacent to an activating group) is 1. The maximum atomic E-state index is 12.1. The second-order valence-corrected chi connectivity index (χ2v) is 4.16. The van der Waals surface area contributed by atoms with E-state index in [2.05, 4.69) is 15.5 Å². The fourth-order valence-electron chi connectivity index (χ4n) is 2.13. The van der Waals surface area contributed by atoms with Gasteiger partial charge in [0.05, 0.1) is 6.04 Å². The van der Waals surface area contributed by atoms with E-state index in [1.807, 2.05) is 11.8 Å². The van der Waals surface area contributed by atoms with Gasteiger partial charge in [-0.25, -0.2) is 0 Å². The third kappa shape index (κ3) is 3.03. The molecule has 0 saturated carbocycles. The number of likely N-dealkylation sites (tertiary alicyclic amines) is 1. The van der Waals surface area contributed by atoms with E-state index in [1.54, 1.807) is 0 Å². The second-order valence-electron chi connectivity index (χ2n) is 4.16. The minimum Gasteiger partial charge on any atom is -0.341 e. The molecule has 0 aliphatic carbocycles. The molecule has 2 heterocycles. The van der Waals surface area contributed by atoms with E-state index < -0.39 is 0 Å². The summed E-state index contributed by atoms with van der Waals surface area (Å²) in [6.45, 7) is 4.33. The summed E-state index contributed by atoms with van der Waals surface area (Å²) in [5.74, 6) is 0.779. The standard InChI is InChI=1S/C11H18N4O2/c1-2-12-9-4-3-6-15(11(9)16)7-5-10-13-8-14-17-10/h8-9,12H,2-7H2,1H3. The third-order valence-electron chi connectivity index (χ3n) is 2.98. The van der Waals surface area contributed by atoms with Crippen molar-refractivity contribution < 1.29 is 9.32 Å². The minimum atomic E-state index is -0.0172. The van der Waals surface area contributed by atoms with Crippen LogP contribution in [0, 0.1) is 0 Å². The van der Waals surface area contributed by atoms with Gasteiger partial charge in [-0.15, -0.1) is 0 Å². The van der Waals surface area contributed by atoms with Crippen LogP contribution in [0.3, 0.4) is 0 Å². The van der Waals surface area contributed by atoms with Crippen LogP contribution >= 0.6 is 0 Å². The highest BCUT2D eigenvalue weighted by Gasteiger charge is 2.27. The molecule has 1 aliphatic rings. The number of rotatable bonds is 5. The van der Waals surface area contributed by atoms with Crippen molar-refractivity contribution in [1.82, 2.24) is 20.4 Å². The highest BCUT2D eigenvalue weighted by atomic mass is 16.5. The van der Waals surface area contributed by atoms with Crippen LogP contribution in [0.2, 0.25) is 0 Å². The SMILES string of the molecule is CCNC1CCCN(CCc2ncno2)C1=O. The summed E-state index contributed by atoms with van der Waals surface area (Å²) in [6.07, 6.45) is 4.00. The van der Waals surface area contributed by atoms with Crippen LogP contribution in [0.15, 0.2) is 10.9 Å². The zero-order chi connectivity index (χ0) is 12.1. The lowest BCUT2D eigenvalue weighted by Gasteiger charge is -2.32.